The molecule has 0 heterocycles. The lowest BCUT2D eigenvalue weighted by Crippen LogP contribution is -2.29. The Morgan fingerprint density at radius 1 is 0.958 bits per heavy atom. The van der Waals surface area contributed by atoms with Crippen LogP contribution in [-0.2, 0) is 0 Å². The lowest BCUT2D eigenvalue weighted by molar-refractivity contribution is 0.0757. The molecule has 0 atom stereocenters. The van der Waals surface area contributed by atoms with Crippen molar-refractivity contribution >= 4 is 22.6 Å². The standard InChI is InChI=1S/C19H16N2O3/c1-12-6-9-14(10-7-12)24-21-19(23)17-15-5-3-2-4-13(15)8-11-16(17)18(20)22/h2-11H,1H3,(H2,20,22)(H,21,23). The van der Waals surface area contributed by atoms with Gasteiger partial charge in [-0.05, 0) is 35.9 Å². The molecule has 5 nitrogen and oxygen atoms in total. The van der Waals surface area contributed by atoms with Gasteiger partial charge in [-0.25, -0.2) is 0 Å². The molecule has 0 saturated carbocycles. The Labute approximate surface area is 139 Å². The van der Waals surface area contributed by atoms with Crippen LogP contribution in [0.3, 0.4) is 0 Å². The van der Waals surface area contributed by atoms with Crippen LogP contribution in [0.4, 0.5) is 0 Å². The van der Waals surface area contributed by atoms with Crippen molar-refractivity contribution in [2.45, 2.75) is 6.92 Å². The maximum Gasteiger partial charge on any atom is 0.285 e. The maximum absolute atomic E-state index is 12.6. The first kappa shape index (κ1) is 15.6. The third-order valence-electron chi connectivity index (χ3n) is 3.70. The number of rotatable bonds is 4. The van der Waals surface area contributed by atoms with E-state index in [0.717, 1.165) is 10.9 Å². The van der Waals surface area contributed by atoms with E-state index >= 15 is 0 Å². The van der Waals surface area contributed by atoms with E-state index in [1.54, 1.807) is 36.4 Å². The molecule has 5 heteroatoms. The van der Waals surface area contributed by atoms with E-state index in [-0.39, 0.29) is 11.1 Å². The Bertz CT molecular complexity index is 918. The summed E-state index contributed by atoms with van der Waals surface area (Å²) in [6.07, 6.45) is 0. The fourth-order valence-electron chi connectivity index (χ4n) is 2.48. The number of hydrogen-bond donors (Lipinski definition) is 2. The Kier molecular flexibility index (Phi) is 4.16. The van der Waals surface area contributed by atoms with Crippen molar-refractivity contribution in [3.8, 4) is 5.75 Å². The number of hydroxylamine groups is 1. The summed E-state index contributed by atoms with van der Waals surface area (Å²) in [4.78, 5) is 29.6. The van der Waals surface area contributed by atoms with Crippen molar-refractivity contribution in [2.75, 3.05) is 0 Å². The van der Waals surface area contributed by atoms with Crippen molar-refractivity contribution in [1.29, 1.82) is 0 Å². The number of primary amides is 1. The first-order valence-corrected chi connectivity index (χ1v) is 7.41. The molecule has 24 heavy (non-hydrogen) atoms. The van der Waals surface area contributed by atoms with Crippen molar-refractivity contribution in [3.05, 3.63) is 77.4 Å². The van der Waals surface area contributed by atoms with E-state index in [9.17, 15) is 9.59 Å². The van der Waals surface area contributed by atoms with Crippen LogP contribution in [0.25, 0.3) is 10.8 Å². The molecule has 0 aliphatic rings. The van der Waals surface area contributed by atoms with Crippen LogP contribution in [-0.4, -0.2) is 11.8 Å². The number of amides is 2. The van der Waals surface area contributed by atoms with Crippen LogP contribution in [0.15, 0.2) is 60.7 Å². The highest BCUT2D eigenvalue weighted by atomic mass is 16.7. The molecular weight excluding hydrogens is 304 g/mol. The molecule has 3 aromatic carbocycles. The number of hydrogen-bond acceptors (Lipinski definition) is 3. The minimum absolute atomic E-state index is 0.152. The zero-order valence-corrected chi connectivity index (χ0v) is 13.1. The van der Waals surface area contributed by atoms with Gasteiger partial charge in [-0.2, -0.15) is 5.48 Å². The van der Waals surface area contributed by atoms with Crippen LogP contribution in [0.5, 0.6) is 5.75 Å². The molecule has 0 aliphatic carbocycles. The van der Waals surface area contributed by atoms with Gasteiger partial charge in [-0.1, -0.05) is 48.0 Å². The van der Waals surface area contributed by atoms with Crippen molar-refractivity contribution in [1.82, 2.24) is 5.48 Å². The minimum Gasteiger partial charge on any atom is -0.379 e. The Morgan fingerprint density at radius 3 is 2.38 bits per heavy atom. The molecule has 3 N–H and O–H groups in total. The average molecular weight is 320 g/mol. The third-order valence-corrected chi connectivity index (χ3v) is 3.70. The third kappa shape index (κ3) is 3.05. The zero-order chi connectivity index (χ0) is 17.1. The molecule has 0 aliphatic heterocycles. The Balaban J connectivity index is 1.94. The summed E-state index contributed by atoms with van der Waals surface area (Å²) in [5.74, 6) is -0.697. The predicted molar refractivity (Wildman–Crippen MR) is 91.7 cm³/mol. The number of aryl methyl sites for hydroxylation is 1. The fourth-order valence-corrected chi connectivity index (χ4v) is 2.48. The van der Waals surface area contributed by atoms with Gasteiger partial charge in [0.05, 0.1) is 11.1 Å². The number of benzene rings is 3. The summed E-state index contributed by atoms with van der Waals surface area (Å²) < 4.78 is 0. The van der Waals surface area contributed by atoms with Crippen molar-refractivity contribution in [2.24, 2.45) is 5.73 Å². The molecule has 0 radical (unpaired) electrons. The topological polar surface area (TPSA) is 81.4 Å². The molecule has 2 amide bonds. The van der Waals surface area contributed by atoms with Gasteiger partial charge in [0.1, 0.15) is 0 Å². The van der Waals surface area contributed by atoms with Crippen LogP contribution in [0, 0.1) is 6.92 Å². The molecule has 3 rings (SSSR count). The largest absolute Gasteiger partial charge is 0.379 e. The minimum atomic E-state index is -0.666. The van der Waals surface area contributed by atoms with Crippen LogP contribution in [0.1, 0.15) is 26.3 Å². The second-order valence-electron chi connectivity index (χ2n) is 5.42. The van der Waals surface area contributed by atoms with E-state index in [4.69, 9.17) is 10.6 Å². The second-order valence-corrected chi connectivity index (χ2v) is 5.42. The first-order valence-electron chi connectivity index (χ1n) is 7.41. The van der Waals surface area contributed by atoms with Crippen LogP contribution in [0.2, 0.25) is 0 Å². The van der Waals surface area contributed by atoms with Gasteiger partial charge in [0, 0.05) is 0 Å². The number of carbonyl (C=O) groups excluding carboxylic acids is 2. The average Bonchev–Trinajstić information content (AvgIpc) is 2.59. The highest BCUT2D eigenvalue weighted by Crippen LogP contribution is 2.22. The van der Waals surface area contributed by atoms with Gasteiger partial charge in [0.25, 0.3) is 5.91 Å². The molecular formula is C19H16N2O3. The summed E-state index contributed by atoms with van der Waals surface area (Å²) in [5.41, 5.74) is 9.22. The van der Waals surface area contributed by atoms with E-state index in [1.165, 1.54) is 0 Å². The van der Waals surface area contributed by atoms with E-state index in [2.05, 4.69) is 5.48 Å². The Hall–Kier alpha value is -3.34. The lowest BCUT2D eigenvalue weighted by atomic mass is 9.98. The van der Waals surface area contributed by atoms with E-state index in [1.807, 2.05) is 31.2 Å². The molecule has 0 fully saturated rings. The molecule has 0 spiro atoms. The molecule has 3 aromatic rings. The highest BCUT2D eigenvalue weighted by molar-refractivity contribution is 6.15. The van der Waals surface area contributed by atoms with E-state index in [0.29, 0.717) is 11.1 Å². The monoisotopic (exact) mass is 320 g/mol. The number of carbonyl (C=O) groups is 2. The molecule has 0 bridgehead atoms. The maximum atomic E-state index is 12.6. The summed E-state index contributed by atoms with van der Waals surface area (Å²) in [5, 5.41) is 1.47. The van der Waals surface area contributed by atoms with Gasteiger partial charge >= 0.3 is 0 Å². The lowest BCUT2D eigenvalue weighted by Gasteiger charge is -2.12. The molecule has 0 aromatic heterocycles. The van der Waals surface area contributed by atoms with Gasteiger partial charge in [-0.15, -0.1) is 0 Å². The van der Waals surface area contributed by atoms with Gasteiger partial charge in [0.15, 0.2) is 5.75 Å². The summed E-state index contributed by atoms with van der Waals surface area (Å²) in [7, 11) is 0. The number of nitrogens with two attached hydrogens (primary N) is 1. The SMILES string of the molecule is Cc1ccc(ONC(=O)c2c(C(N)=O)ccc3ccccc23)cc1. The van der Waals surface area contributed by atoms with Crippen LogP contribution >= 0.6 is 0 Å². The van der Waals surface area contributed by atoms with Gasteiger partial charge in [-0.3, -0.25) is 9.59 Å². The first-order chi connectivity index (χ1) is 11.6. The van der Waals surface area contributed by atoms with Crippen molar-refractivity contribution in [3.63, 3.8) is 0 Å². The van der Waals surface area contributed by atoms with Gasteiger partial charge < -0.3 is 10.6 Å². The summed E-state index contributed by atoms with van der Waals surface area (Å²) in [6.45, 7) is 1.96. The fraction of sp³-hybridized carbons (Fsp3) is 0.0526. The second kappa shape index (κ2) is 6.42. The van der Waals surface area contributed by atoms with Gasteiger partial charge in [0.2, 0.25) is 5.91 Å². The number of fused-ring (bicyclic) bond motifs is 1. The molecule has 0 saturated heterocycles. The number of nitrogens with one attached hydrogen (secondary N) is 1. The normalized spacial score (nSPS) is 10.4. The Morgan fingerprint density at radius 2 is 1.67 bits per heavy atom. The van der Waals surface area contributed by atoms with Crippen LogP contribution < -0.4 is 16.1 Å². The molecule has 120 valence electrons. The zero-order valence-electron chi connectivity index (χ0n) is 13.1. The quantitative estimate of drug-likeness (QED) is 0.725. The van der Waals surface area contributed by atoms with E-state index < -0.39 is 11.8 Å². The molecule has 0 unspecified atom stereocenters. The summed E-state index contributed by atoms with van der Waals surface area (Å²) >= 11 is 0. The smallest absolute Gasteiger partial charge is 0.285 e. The predicted octanol–water partition coefficient (Wildman–Crippen LogP) is 2.97. The highest BCUT2D eigenvalue weighted by Gasteiger charge is 2.19. The summed E-state index contributed by atoms with van der Waals surface area (Å²) in [6, 6.07) is 17.8. The van der Waals surface area contributed by atoms with Crippen molar-refractivity contribution < 1.29 is 14.4 Å².